The minimum atomic E-state index is 0.00368. The van der Waals surface area contributed by atoms with Gasteiger partial charge >= 0.3 is 0 Å². The molecule has 6 heteroatoms. The first-order chi connectivity index (χ1) is 7.58. The van der Waals surface area contributed by atoms with Crippen LogP contribution in [0, 0.1) is 5.92 Å². The van der Waals surface area contributed by atoms with Crippen molar-refractivity contribution in [3.05, 3.63) is 11.1 Å². The van der Waals surface area contributed by atoms with Gasteiger partial charge in [0, 0.05) is 24.9 Å². The van der Waals surface area contributed by atoms with Crippen LogP contribution in [0.15, 0.2) is 10.5 Å². The van der Waals surface area contributed by atoms with Gasteiger partial charge in [-0.05, 0) is 6.42 Å². The van der Waals surface area contributed by atoms with Gasteiger partial charge in [-0.3, -0.25) is 0 Å². The summed E-state index contributed by atoms with van der Waals surface area (Å²) in [6.07, 6.45) is 0.945. The van der Waals surface area contributed by atoms with Gasteiger partial charge in [0.1, 0.15) is 5.84 Å². The number of aromatic nitrogens is 1. The van der Waals surface area contributed by atoms with Crippen molar-refractivity contribution in [3.8, 4) is 0 Å². The van der Waals surface area contributed by atoms with E-state index in [0.29, 0.717) is 6.54 Å². The maximum Gasteiger partial charge on any atom is 0.185 e. The number of hydrogen-bond acceptors (Lipinski definition) is 5. The van der Waals surface area contributed by atoms with Crippen molar-refractivity contribution in [1.29, 1.82) is 0 Å². The number of rotatable bonds is 5. The molecule has 0 spiro atoms. The molecule has 1 aromatic heterocycles. The van der Waals surface area contributed by atoms with Gasteiger partial charge in [-0.15, -0.1) is 11.3 Å². The summed E-state index contributed by atoms with van der Waals surface area (Å²) in [6.45, 7) is 4.68. The highest BCUT2D eigenvalue weighted by molar-refractivity contribution is 7.13. The third-order valence-corrected chi connectivity index (χ3v) is 3.40. The number of hydrogen-bond donors (Lipinski definition) is 2. The predicted octanol–water partition coefficient (Wildman–Crippen LogP) is 1.52. The molecule has 0 saturated heterocycles. The zero-order valence-electron chi connectivity index (χ0n) is 9.84. The molecule has 0 aromatic carbocycles. The van der Waals surface area contributed by atoms with E-state index < -0.39 is 0 Å². The predicted molar refractivity (Wildman–Crippen MR) is 67.3 cm³/mol. The summed E-state index contributed by atoms with van der Waals surface area (Å²) in [5.74, 6) is 0.253. The quantitative estimate of drug-likeness (QED) is 0.355. The van der Waals surface area contributed by atoms with Crippen molar-refractivity contribution in [2.45, 2.75) is 20.3 Å². The van der Waals surface area contributed by atoms with E-state index in [1.807, 2.05) is 18.9 Å². The van der Waals surface area contributed by atoms with E-state index in [4.69, 9.17) is 10.9 Å². The van der Waals surface area contributed by atoms with Crippen molar-refractivity contribution < 1.29 is 5.21 Å². The third kappa shape index (κ3) is 3.10. The van der Waals surface area contributed by atoms with Crippen molar-refractivity contribution in [3.63, 3.8) is 0 Å². The fourth-order valence-corrected chi connectivity index (χ4v) is 2.20. The fraction of sp³-hybridized carbons (Fsp3) is 0.600. The molecule has 5 nitrogen and oxygen atoms in total. The Labute approximate surface area is 99.6 Å². The van der Waals surface area contributed by atoms with Crippen molar-refractivity contribution >= 4 is 22.3 Å². The summed E-state index contributed by atoms with van der Waals surface area (Å²) in [6, 6.07) is 0. The lowest BCUT2D eigenvalue weighted by molar-refractivity contribution is 0.314. The van der Waals surface area contributed by atoms with Crippen LogP contribution in [0.4, 0.5) is 5.13 Å². The molecule has 0 aliphatic heterocycles. The average molecular weight is 242 g/mol. The van der Waals surface area contributed by atoms with Crippen LogP contribution >= 0.6 is 11.3 Å². The SMILES string of the molecule is CCc1csc(N(C)CC(C)C(N)=NO)n1. The van der Waals surface area contributed by atoms with E-state index in [-0.39, 0.29) is 11.8 Å². The van der Waals surface area contributed by atoms with Crippen LogP contribution in [0.1, 0.15) is 19.5 Å². The number of aryl methyl sites for hydroxylation is 1. The molecule has 3 N–H and O–H groups in total. The minimum Gasteiger partial charge on any atom is -0.409 e. The zero-order chi connectivity index (χ0) is 12.1. The van der Waals surface area contributed by atoms with Gasteiger partial charge in [0.25, 0.3) is 0 Å². The van der Waals surface area contributed by atoms with Crippen LogP contribution < -0.4 is 10.6 Å². The second-order valence-corrected chi connectivity index (χ2v) is 4.62. The first kappa shape index (κ1) is 12.8. The van der Waals surface area contributed by atoms with Crippen LogP contribution in [-0.4, -0.2) is 29.6 Å². The van der Waals surface area contributed by atoms with Crippen molar-refractivity contribution in [1.82, 2.24) is 4.98 Å². The molecule has 16 heavy (non-hydrogen) atoms. The molecule has 1 heterocycles. The molecule has 0 fully saturated rings. The highest BCUT2D eigenvalue weighted by Crippen LogP contribution is 2.20. The molecule has 1 rings (SSSR count). The maximum atomic E-state index is 8.56. The van der Waals surface area contributed by atoms with Gasteiger partial charge in [-0.2, -0.15) is 0 Å². The van der Waals surface area contributed by atoms with Gasteiger partial charge < -0.3 is 15.8 Å². The average Bonchev–Trinajstić information content (AvgIpc) is 2.76. The Morgan fingerprint density at radius 2 is 2.44 bits per heavy atom. The molecule has 0 saturated carbocycles. The second kappa shape index (κ2) is 5.69. The molecule has 0 radical (unpaired) electrons. The van der Waals surface area contributed by atoms with Crippen LogP contribution in [0.2, 0.25) is 0 Å². The Morgan fingerprint density at radius 3 is 2.94 bits per heavy atom. The molecular weight excluding hydrogens is 224 g/mol. The smallest absolute Gasteiger partial charge is 0.185 e. The maximum absolute atomic E-state index is 8.56. The number of nitrogens with two attached hydrogens (primary N) is 1. The molecule has 0 amide bonds. The first-order valence-corrected chi connectivity index (χ1v) is 6.09. The van der Waals surface area contributed by atoms with Crippen LogP contribution in [0.5, 0.6) is 0 Å². The monoisotopic (exact) mass is 242 g/mol. The van der Waals surface area contributed by atoms with Crippen molar-refractivity contribution in [2.24, 2.45) is 16.8 Å². The number of anilines is 1. The molecule has 0 bridgehead atoms. The third-order valence-electron chi connectivity index (χ3n) is 2.40. The largest absolute Gasteiger partial charge is 0.409 e. The topological polar surface area (TPSA) is 74.7 Å². The molecule has 0 aliphatic rings. The van der Waals surface area contributed by atoms with E-state index >= 15 is 0 Å². The summed E-state index contributed by atoms with van der Waals surface area (Å²) in [5.41, 5.74) is 6.63. The van der Waals surface area contributed by atoms with E-state index in [9.17, 15) is 0 Å². The fourth-order valence-electron chi connectivity index (χ4n) is 1.31. The van der Waals surface area contributed by atoms with Crippen molar-refractivity contribution in [2.75, 3.05) is 18.5 Å². The normalized spacial score (nSPS) is 13.8. The lowest BCUT2D eigenvalue weighted by Gasteiger charge is -2.19. The lowest BCUT2D eigenvalue weighted by atomic mass is 10.1. The summed E-state index contributed by atoms with van der Waals surface area (Å²) in [4.78, 5) is 6.49. The molecule has 1 unspecified atom stereocenters. The van der Waals surface area contributed by atoms with Gasteiger partial charge in [0.2, 0.25) is 0 Å². The molecular formula is C10H18N4OS. The Hall–Kier alpha value is -1.30. The van der Waals surface area contributed by atoms with Crippen LogP contribution in [0.3, 0.4) is 0 Å². The Balaban J connectivity index is 2.61. The Morgan fingerprint density at radius 1 is 1.75 bits per heavy atom. The van der Waals surface area contributed by atoms with E-state index in [1.165, 1.54) is 0 Å². The molecule has 1 aromatic rings. The second-order valence-electron chi connectivity index (χ2n) is 3.78. The van der Waals surface area contributed by atoms with Gasteiger partial charge in [0.05, 0.1) is 5.69 Å². The first-order valence-electron chi connectivity index (χ1n) is 5.21. The number of oxime groups is 1. The van der Waals surface area contributed by atoms with Crippen LogP contribution in [0.25, 0.3) is 0 Å². The number of nitrogens with zero attached hydrogens (tertiary/aromatic N) is 3. The molecule has 1 atom stereocenters. The van der Waals surface area contributed by atoms with Gasteiger partial charge in [-0.1, -0.05) is 19.0 Å². The zero-order valence-corrected chi connectivity index (χ0v) is 10.7. The van der Waals surface area contributed by atoms with Crippen LogP contribution in [-0.2, 0) is 6.42 Å². The van der Waals surface area contributed by atoms with E-state index in [0.717, 1.165) is 17.2 Å². The summed E-state index contributed by atoms with van der Waals surface area (Å²) in [7, 11) is 1.96. The van der Waals surface area contributed by atoms with E-state index in [2.05, 4.69) is 22.4 Å². The Kier molecular flexibility index (Phi) is 4.54. The minimum absolute atomic E-state index is 0.00368. The number of thiazole rings is 1. The highest BCUT2D eigenvalue weighted by atomic mass is 32.1. The molecule has 0 aliphatic carbocycles. The summed E-state index contributed by atoms with van der Waals surface area (Å²) < 4.78 is 0. The summed E-state index contributed by atoms with van der Waals surface area (Å²) in [5, 5.41) is 14.6. The molecule has 90 valence electrons. The summed E-state index contributed by atoms with van der Waals surface area (Å²) >= 11 is 1.62. The lowest BCUT2D eigenvalue weighted by Crippen LogP contribution is -2.32. The number of amidine groups is 1. The Bertz CT molecular complexity index is 363. The van der Waals surface area contributed by atoms with Gasteiger partial charge in [0.15, 0.2) is 5.13 Å². The van der Waals surface area contributed by atoms with Gasteiger partial charge in [-0.25, -0.2) is 4.98 Å². The highest BCUT2D eigenvalue weighted by Gasteiger charge is 2.13. The van der Waals surface area contributed by atoms with E-state index in [1.54, 1.807) is 11.3 Å². The standard InChI is InChI=1S/C10H18N4OS/c1-4-8-6-16-10(12-8)14(3)5-7(2)9(11)13-15/h6-7,15H,4-5H2,1-3H3,(H2,11,13).